The Kier molecular flexibility index (Phi) is 7.17. The summed E-state index contributed by atoms with van der Waals surface area (Å²) in [7, 11) is 0. The van der Waals surface area contributed by atoms with Crippen molar-refractivity contribution in [3.63, 3.8) is 0 Å². The molecule has 4 rings (SSSR count). The summed E-state index contributed by atoms with van der Waals surface area (Å²) in [6.45, 7) is 5.13. The number of aromatic nitrogens is 2. The predicted molar refractivity (Wildman–Crippen MR) is 132 cm³/mol. The number of carbonyl (C=O) groups is 1. The number of thioether (sulfide) groups is 1. The van der Waals surface area contributed by atoms with E-state index in [1.54, 1.807) is 0 Å². The minimum Gasteiger partial charge on any atom is -0.378 e. The summed E-state index contributed by atoms with van der Waals surface area (Å²) >= 11 is 1.22. The third-order valence-corrected chi connectivity index (χ3v) is 7.92. The van der Waals surface area contributed by atoms with Crippen molar-refractivity contribution >= 4 is 34.7 Å². The molecule has 2 aromatic rings. The Morgan fingerprint density at radius 2 is 2.03 bits per heavy atom. The standard InChI is InChI=1S/C25H26F2N6OS/c1-15-22(32-24(29)35-25(15,2)23(34)33-8-4-3-5-9-33)18-10-16(6-7-19(18)26)11-20(27)21-14-30-17(12-28)13-31-21/h6-7,10-11,13-15,22H,3-5,8-9H2,1-2H3,(H2,29,32)/b20-11-/t15-,22?,25?/m0/s1. The molecule has 0 spiro atoms. The number of benzene rings is 1. The highest BCUT2D eigenvalue weighted by Crippen LogP contribution is 2.47. The summed E-state index contributed by atoms with van der Waals surface area (Å²) in [6.07, 6.45) is 6.59. The van der Waals surface area contributed by atoms with E-state index in [0.29, 0.717) is 18.7 Å². The van der Waals surface area contributed by atoms with Gasteiger partial charge in [0.2, 0.25) is 5.91 Å². The molecular formula is C25H26F2N6OS. The van der Waals surface area contributed by atoms with Gasteiger partial charge in [-0.25, -0.2) is 18.7 Å². The molecule has 0 bridgehead atoms. The molecule has 0 radical (unpaired) electrons. The summed E-state index contributed by atoms with van der Waals surface area (Å²) in [5.41, 5.74) is 6.82. The van der Waals surface area contributed by atoms with Gasteiger partial charge in [-0.3, -0.25) is 9.79 Å². The molecule has 2 unspecified atom stereocenters. The van der Waals surface area contributed by atoms with Crippen LogP contribution in [0.4, 0.5) is 8.78 Å². The van der Waals surface area contributed by atoms with Gasteiger partial charge in [-0.15, -0.1) is 0 Å². The van der Waals surface area contributed by atoms with Gasteiger partial charge in [-0.2, -0.15) is 5.26 Å². The predicted octanol–water partition coefficient (Wildman–Crippen LogP) is 4.46. The first-order valence-electron chi connectivity index (χ1n) is 11.4. The molecule has 1 aromatic carbocycles. The van der Waals surface area contributed by atoms with E-state index < -0.39 is 22.4 Å². The first kappa shape index (κ1) is 24.8. The minimum atomic E-state index is -0.907. The number of aliphatic imine (C=N–C) groups is 1. The molecule has 2 N–H and O–H groups in total. The highest BCUT2D eigenvalue weighted by molar-refractivity contribution is 8.15. The summed E-state index contributed by atoms with van der Waals surface area (Å²) in [6, 6.07) is 5.34. The van der Waals surface area contributed by atoms with Crippen LogP contribution >= 0.6 is 11.8 Å². The molecule has 3 heterocycles. The fraction of sp³-hybridized carbons (Fsp3) is 0.400. The number of carbonyl (C=O) groups excluding carboxylic acids is 1. The molecule has 10 heteroatoms. The maximum atomic E-state index is 15.0. The van der Waals surface area contributed by atoms with E-state index in [4.69, 9.17) is 11.0 Å². The van der Waals surface area contributed by atoms with E-state index in [0.717, 1.165) is 25.5 Å². The average Bonchev–Trinajstić information content (AvgIpc) is 2.87. The Hall–Kier alpha value is -3.32. The smallest absolute Gasteiger partial charge is 0.239 e. The van der Waals surface area contributed by atoms with E-state index in [2.05, 4.69) is 15.0 Å². The fourth-order valence-corrected chi connectivity index (χ4v) is 5.61. The highest BCUT2D eigenvalue weighted by Gasteiger charge is 2.49. The Morgan fingerprint density at radius 3 is 2.69 bits per heavy atom. The molecule has 1 saturated heterocycles. The maximum Gasteiger partial charge on any atom is 0.239 e. The van der Waals surface area contributed by atoms with Gasteiger partial charge in [0.25, 0.3) is 0 Å². The third-order valence-electron chi connectivity index (χ3n) is 6.64. The van der Waals surface area contributed by atoms with Crippen molar-refractivity contribution in [2.24, 2.45) is 16.6 Å². The van der Waals surface area contributed by atoms with Gasteiger partial charge in [0, 0.05) is 24.6 Å². The van der Waals surface area contributed by atoms with Gasteiger partial charge in [0.15, 0.2) is 16.7 Å². The zero-order chi connectivity index (χ0) is 25.2. The number of piperidine rings is 1. The average molecular weight is 497 g/mol. The topological polar surface area (TPSA) is 108 Å². The van der Waals surface area contributed by atoms with Crippen LogP contribution in [-0.2, 0) is 4.79 Å². The number of rotatable bonds is 4. The van der Waals surface area contributed by atoms with E-state index in [1.807, 2.05) is 24.8 Å². The van der Waals surface area contributed by atoms with Crippen LogP contribution in [0.25, 0.3) is 11.9 Å². The van der Waals surface area contributed by atoms with Crippen molar-refractivity contribution in [3.05, 3.63) is 58.9 Å². The Labute approximate surface area is 207 Å². The van der Waals surface area contributed by atoms with Crippen molar-refractivity contribution in [2.45, 2.75) is 43.9 Å². The lowest BCUT2D eigenvalue weighted by molar-refractivity contribution is -0.135. The second-order valence-corrected chi connectivity index (χ2v) is 10.4. The number of nitrogens with two attached hydrogens (primary N) is 1. The summed E-state index contributed by atoms with van der Waals surface area (Å²) in [4.78, 5) is 27.6. The lowest BCUT2D eigenvalue weighted by Crippen LogP contribution is -2.54. The Morgan fingerprint density at radius 1 is 1.29 bits per heavy atom. The molecule has 35 heavy (non-hydrogen) atoms. The van der Waals surface area contributed by atoms with Crippen molar-refractivity contribution in [3.8, 4) is 6.07 Å². The van der Waals surface area contributed by atoms with Crippen LogP contribution in [-0.4, -0.2) is 43.8 Å². The number of nitrogens with zero attached hydrogens (tertiary/aromatic N) is 5. The Balaban J connectivity index is 1.65. The molecule has 1 aromatic heterocycles. The zero-order valence-corrected chi connectivity index (χ0v) is 20.4. The van der Waals surface area contributed by atoms with E-state index in [-0.39, 0.29) is 33.9 Å². The van der Waals surface area contributed by atoms with Gasteiger partial charge in [-0.1, -0.05) is 24.8 Å². The number of nitriles is 1. The van der Waals surface area contributed by atoms with Crippen molar-refractivity contribution in [1.29, 1.82) is 5.26 Å². The van der Waals surface area contributed by atoms with Crippen LogP contribution in [0.5, 0.6) is 0 Å². The van der Waals surface area contributed by atoms with Crippen molar-refractivity contribution < 1.29 is 13.6 Å². The van der Waals surface area contributed by atoms with E-state index in [9.17, 15) is 9.18 Å². The van der Waals surface area contributed by atoms with Crippen LogP contribution in [0.3, 0.4) is 0 Å². The first-order valence-corrected chi connectivity index (χ1v) is 12.3. The van der Waals surface area contributed by atoms with E-state index in [1.165, 1.54) is 42.2 Å². The van der Waals surface area contributed by atoms with Crippen molar-refractivity contribution in [2.75, 3.05) is 13.1 Å². The van der Waals surface area contributed by atoms with Crippen LogP contribution in [0, 0.1) is 23.1 Å². The maximum absolute atomic E-state index is 15.0. The number of hydrogen-bond donors (Lipinski definition) is 1. The van der Waals surface area contributed by atoms with Crippen LogP contribution < -0.4 is 5.73 Å². The summed E-state index contributed by atoms with van der Waals surface area (Å²) < 4.78 is 28.9. The molecule has 1 fully saturated rings. The number of amidine groups is 1. The summed E-state index contributed by atoms with van der Waals surface area (Å²) in [5.74, 6) is -1.56. The summed E-state index contributed by atoms with van der Waals surface area (Å²) in [5, 5.41) is 9.05. The van der Waals surface area contributed by atoms with Gasteiger partial charge in [0.1, 0.15) is 22.3 Å². The third kappa shape index (κ3) is 5.05. The van der Waals surface area contributed by atoms with E-state index >= 15 is 4.39 Å². The van der Waals surface area contributed by atoms with Gasteiger partial charge in [-0.05, 0) is 50.0 Å². The lowest BCUT2D eigenvalue weighted by atomic mass is 9.82. The Bertz CT molecular complexity index is 1220. The molecule has 0 saturated carbocycles. The quantitative estimate of drug-likeness (QED) is 0.669. The number of amides is 1. The van der Waals surface area contributed by atoms with Crippen LogP contribution in [0.1, 0.15) is 61.7 Å². The number of likely N-dealkylation sites (tertiary alicyclic amines) is 1. The number of hydrogen-bond acceptors (Lipinski definition) is 7. The van der Waals surface area contributed by atoms with Gasteiger partial charge < -0.3 is 10.6 Å². The number of halogens is 2. The molecule has 7 nitrogen and oxygen atoms in total. The molecule has 182 valence electrons. The van der Waals surface area contributed by atoms with Gasteiger partial charge >= 0.3 is 0 Å². The molecule has 0 aliphatic carbocycles. The van der Waals surface area contributed by atoms with Crippen molar-refractivity contribution in [1.82, 2.24) is 14.9 Å². The molecule has 3 atom stereocenters. The van der Waals surface area contributed by atoms with Gasteiger partial charge in [0.05, 0.1) is 18.4 Å². The molecule has 1 amide bonds. The second kappa shape index (κ2) is 10.1. The normalized spacial score (nSPS) is 25.1. The fourth-order valence-electron chi connectivity index (χ4n) is 4.48. The minimum absolute atomic E-state index is 0.0144. The molecule has 2 aliphatic heterocycles. The highest BCUT2D eigenvalue weighted by atomic mass is 32.2. The monoisotopic (exact) mass is 496 g/mol. The molecular weight excluding hydrogens is 470 g/mol. The first-order chi connectivity index (χ1) is 16.7. The second-order valence-electron chi connectivity index (χ2n) is 8.93. The SMILES string of the molecule is C[C@H]1C(c2cc(/C=C(\F)c3cnc(C#N)cn3)ccc2F)N=C(N)SC1(C)C(=O)N1CCCCC1. The van der Waals surface area contributed by atoms with Crippen LogP contribution in [0.15, 0.2) is 35.6 Å². The van der Waals surface area contributed by atoms with Crippen LogP contribution in [0.2, 0.25) is 0 Å². The largest absolute Gasteiger partial charge is 0.378 e. The molecule has 2 aliphatic rings. The lowest BCUT2D eigenvalue weighted by Gasteiger charge is -2.43. The zero-order valence-electron chi connectivity index (χ0n) is 19.5.